The molecule has 1 aromatic heterocycles. The van der Waals surface area contributed by atoms with E-state index in [1.54, 1.807) is 7.11 Å². The SMILES string of the molecule is COCCn1c(S[C@H](C)C(=O)N2CCc3ccccc3C2)nc2ccccc21. The molecular formula is C22H25N3O2S. The highest BCUT2D eigenvalue weighted by atomic mass is 32.2. The molecule has 1 amide bonds. The summed E-state index contributed by atoms with van der Waals surface area (Å²) in [6.45, 7) is 4.78. The van der Waals surface area contributed by atoms with Crippen molar-refractivity contribution in [2.24, 2.45) is 0 Å². The van der Waals surface area contributed by atoms with Gasteiger partial charge in [-0.25, -0.2) is 4.98 Å². The van der Waals surface area contributed by atoms with Gasteiger partial charge in [0.05, 0.1) is 22.9 Å². The minimum atomic E-state index is -0.191. The largest absolute Gasteiger partial charge is 0.383 e. The molecule has 0 unspecified atom stereocenters. The van der Waals surface area contributed by atoms with Crippen LogP contribution in [0.3, 0.4) is 0 Å². The molecular weight excluding hydrogens is 370 g/mol. The van der Waals surface area contributed by atoms with Crippen LogP contribution in [-0.2, 0) is 29.0 Å². The summed E-state index contributed by atoms with van der Waals surface area (Å²) >= 11 is 1.53. The first-order chi connectivity index (χ1) is 13.7. The van der Waals surface area contributed by atoms with Gasteiger partial charge < -0.3 is 14.2 Å². The Morgan fingerprint density at radius 1 is 1.18 bits per heavy atom. The van der Waals surface area contributed by atoms with Crippen LogP contribution < -0.4 is 0 Å². The molecule has 6 heteroatoms. The van der Waals surface area contributed by atoms with Gasteiger partial charge in [0, 0.05) is 26.7 Å². The van der Waals surface area contributed by atoms with Gasteiger partial charge in [-0.05, 0) is 36.6 Å². The number of para-hydroxylation sites is 2. The summed E-state index contributed by atoms with van der Waals surface area (Å²) in [5.74, 6) is 0.171. The maximum absolute atomic E-state index is 13.1. The number of thioether (sulfide) groups is 1. The molecule has 2 heterocycles. The predicted molar refractivity (Wildman–Crippen MR) is 112 cm³/mol. The van der Waals surface area contributed by atoms with Crippen LogP contribution >= 0.6 is 11.8 Å². The number of amides is 1. The third-order valence-corrected chi connectivity index (χ3v) is 6.29. The average molecular weight is 396 g/mol. The second-order valence-corrected chi connectivity index (χ2v) is 8.37. The standard InChI is InChI=1S/C22H25N3O2S/c1-16(21(26)24-12-11-17-7-3-4-8-18(17)15-24)28-22-23-19-9-5-6-10-20(19)25(22)13-14-27-2/h3-10,16H,11-15H2,1-2H3/t16-/m1/s1. The summed E-state index contributed by atoms with van der Waals surface area (Å²) in [5.41, 5.74) is 4.64. The summed E-state index contributed by atoms with van der Waals surface area (Å²) in [6.07, 6.45) is 0.922. The van der Waals surface area contributed by atoms with E-state index in [0.717, 1.165) is 35.7 Å². The number of imidazole rings is 1. The van der Waals surface area contributed by atoms with Crippen molar-refractivity contribution in [3.63, 3.8) is 0 Å². The second kappa shape index (κ2) is 8.37. The first-order valence-electron chi connectivity index (χ1n) is 9.64. The van der Waals surface area contributed by atoms with Crippen LogP contribution in [0, 0.1) is 0 Å². The van der Waals surface area contributed by atoms with Crippen molar-refractivity contribution < 1.29 is 9.53 Å². The minimum absolute atomic E-state index is 0.171. The third kappa shape index (κ3) is 3.80. The normalized spacial score (nSPS) is 14.9. The van der Waals surface area contributed by atoms with E-state index >= 15 is 0 Å². The van der Waals surface area contributed by atoms with Gasteiger partial charge >= 0.3 is 0 Å². The van der Waals surface area contributed by atoms with Gasteiger partial charge in [0.25, 0.3) is 0 Å². The maximum atomic E-state index is 13.1. The monoisotopic (exact) mass is 395 g/mol. The Hall–Kier alpha value is -2.31. The average Bonchev–Trinajstić information content (AvgIpc) is 3.08. The number of aromatic nitrogens is 2. The number of methoxy groups -OCH3 is 1. The van der Waals surface area contributed by atoms with E-state index < -0.39 is 0 Å². The Kier molecular flexibility index (Phi) is 5.69. The second-order valence-electron chi connectivity index (χ2n) is 7.07. The van der Waals surface area contributed by atoms with Gasteiger partial charge in [0.1, 0.15) is 0 Å². The highest BCUT2D eigenvalue weighted by Gasteiger charge is 2.26. The van der Waals surface area contributed by atoms with E-state index in [-0.39, 0.29) is 11.2 Å². The van der Waals surface area contributed by atoms with E-state index in [9.17, 15) is 4.79 Å². The van der Waals surface area contributed by atoms with Gasteiger partial charge in [-0.15, -0.1) is 0 Å². The molecule has 0 saturated heterocycles. The molecule has 5 nitrogen and oxygen atoms in total. The smallest absolute Gasteiger partial charge is 0.236 e. The summed E-state index contributed by atoms with van der Waals surface area (Å²) < 4.78 is 7.42. The molecule has 0 spiro atoms. The van der Waals surface area contributed by atoms with Crippen molar-refractivity contribution in [3.05, 3.63) is 59.7 Å². The zero-order valence-electron chi connectivity index (χ0n) is 16.3. The van der Waals surface area contributed by atoms with Crippen LogP contribution in [-0.4, -0.2) is 45.9 Å². The molecule has 0 radical (unpaired) electrons. The molecule has 1 atom stereocenters. The van der Waals surface area contributed by atoms with Gasteiger partial charge in [-0.2, -0.15) is 0 Å². The first-order valence-corrected chi connectivity index (χ1v) is 10.5. The molecule has 2 aromatic carbocycles. The van der Waals surface area contributed by atoms with Crippen molar-refractivity contribution in [1.29, 1.82) is 0 Å². The van der Waals surface area contributed by atoms with Crippen LogP contribution in [0.4, 0.5) is 0 Å². The number of hydrogen-bond donors (Lipinski definition) is 0. The Labute approximate surface area is 169 Å². The molecule has 28 heavy (non-hydrogen) atoms. The number of fused-ring (bicyclic) bond motifs is 2. The van der Waals surface area contributed by atoms with E-state index in [4.69, 9.17) is 9.72 Å². The Balaban J connectivity index is 1.52. The van der Waals surface area contributed by atoms with Crippen molar-refractivity contribution in [2.75, 3.05) is 20.3 Å². The fraction of sp³-hybridized carbons (Fsp3) is 0.364. The quantitative estimate of drug-likeness (QED) is 0.597. The molecule has 4 rings (SSSR count). The topological polar surface area (TPSA) is 47.4 Å². The number of benzene rings is 2. The molecule has 0 N–H and O–H groups in total. The third-order valence-electron chi connectivity index (χ3n) is 5.21. The summed E-state index contributed by atoms with van der Waals surface area (Å²) in [7, 11) is 1.70. The lowest BCUT2D eigenvalue weighted by molar-refractivity contribution is -0.131. The fourth-order valence-electron chi connectivity index (χ4n) is 3.69. The summed E-state index contributed by atoms with van der Waals surface area (Å²) in [5, 5.41) is 0.680. The lowest BCUT2D eigenvalue weighted by Crippen LogP contribution is -2.40. The van der Waals surface area contributed by atoms with Crippen LogP contribution in [0.25, 0.3) is 11.0 Å². The number of ether oxygens (including phenoxy) is 1. The molecule has 0 fully saturated rings. The summed E-state index contributed by atoms with van der Waals surface area (Å²) in [4.78, 5) is 19.8. The zero-order valence-corrected chi connectivity index (χ0v) is 17.1. The minimum Gasteiger partial charge on any atom is -0.383 e. The molecule has 1 aliphatic rings. The van der Waals surface area contributed by atoms with Gasteiger partial charge in [0.15, 0.2) is 5.16 Å². The van der Waals surface area contributed by atoms with Gasteiger partial charge in [-0.3, -0.25) is 4.79 Å². The van der Waals surface area contributed by atoms with Crippen LogP contribution in [0.2, 0.25) is 0 Å². The highest BCUT2D eigenvalue weighted by Crippen LogP contribution is 2.29. The number of rotatable bonds is 6. The molecule has 146 valence electrons. The Morgan fingerprint density at radius 3 is 2.75 bits per heavy atom. The number of nitrogens with zero attached hydrogens (tertiary/aromatic N) is 3. The number of carbonyl (C=O) groups excluding carboxylic acids is 1. The number of carbonyl (C=O) groups is 1. The van der Waals surface area contributed by atoms with Crippen LogP contribution in [0.1, 0.15) is 18.1 Å². The van der Waals surface area contributed by atoms with Gasteiger partial charge in [-0.1, -0.05) is 48.2 Å². The van der Waals surface area contributed by atoms with Crippen molar-refractivity contribution in [1.82, 2.24) is 14.5 Å². The van der Waals surface area contributed by atoms with Crippen molar-refractivity contribution in [3.8, 4) is 0 Å². The summed E-state index contributed by atoms with van der Waals surface area (Å²) in [6, 6.07) is 16.5. The Morgan fingerprint density at radius 2 is 1.93 bits per heavy atom. The lowest BCUT2D eigenvalue weighted by atomic mass is 10.00. The van der Waals surface area contributed by atoms with Crippen molar-refractivity contribution >= 4 is 28.7 Å². The Bertz CT molecular complexity index is 985. The first kappa shape index (κ1) is 19.0. The van der Waals surface area contributed by atoms with Crippen LogP contribution in [0.5, 0.6) is 0 Å². The highest BCUT2D eigenvalue weighted by molar-refractivity contribution is 8.00. The number of hydrogen-bond acceptors (Lipinski definition) is 4. The molecule has 3 aromatic rings. The zero-order chi connectivity index (χ0) is 19.5. The van der Waals surface area contributed by atoms with E-state index in [1.165, 1.54) is 22.9 Å². The molecule has 0 aliphatic carbocycles. The van der Waals surface area contributed by atoms with E-state index in [1.807, 2.05) is 36.1 Å². The van der Waals surface area contributed by atoms with Gasteiger partial charge in [0.2, 0.25) is 5.91 Å². The molecule has 0 saturated carbocycles. The van der Waals surface area contributed by atoms with Crippen molar-refractivity contribution in [2.45, 2.75) is 36.8 Å². The molecule has 0 bridgehead atoms. The fourth-order valence-corrected chi connectivity index (χ4v) is 4.73. The van der Waals surface area contributed by atoms with Crippen LogP contribution in [0.15, 0.2) is 53.7 Å². The maximum Gasteiger partial charge on any atom is 0.236 e. The van der Waals surface area contributed by atoms with E-state index in [2.05, 4.69) is 28.8 Å². The molecule has 1 aliphatic heterocycles. The van der Waals surface area contributed by atoms with E-state index in [0.29, 0.717) is 13.2 Å². The predicted octanol–water partition coefficient (Wildman–Crippen LogP) is 3.75. The lowest BCUT2D eigenvalue weighted by Gasteiger charge is -2.30.